The number of amides is 1. The summed E-state index contributed by atoms with van der Waals surface area (Å²) in [6, 6.07) is 23.5. The van der Waals surface area contributed by atoms with Crippen molar-refractivity contribution < 1.29 is 19.4 Å². The summed E-state index contributed by atoms with van der Waals surface area (Å²) in [5.41, 5.74) is 3.00. The molecule has 0 saturated carbocycles. The average molecular weight is 387 g/mol. The number of carboxylic acid groups (broad SMARTS) is 1. The molecule has 29 heavy (non-hydrogen) atoms. The van der Waals surface area contributed by atoms with Gasteiger partial charge in [-0.2, -0.15) is 0 Å². The van der Waals surface area contributed by atoms with Crippen LogP contribution < -0.4 is 10.1 Å². The number of rotatable bonds is 7. The SMILES string of the molecule is Cc1ccc(COc2cccc(/C=C(/NC(=O)c3ccccc3)C(=O)O)c2)cc1. The number of benzene rings is 3. The van der Waals surface area contributed by atoms with Gasteiger partial charge in [0.25, 0.3) is 5.91 Å². The zero-order chi connectivity index (χ0) is 20.6. The smallest absolute Gasteiger partial charge is 0.352 e. The van der Waals surface area contributed by atoms with Gasteiger partial charge in [0, 0.05) is 5.56 Å². The van der Waals surface area contributed by atoms with Crippen LogP contribution in [0.1, 0.15) is 27.0 Å². The molecule has 3 aromatic rings. The number of carboxylic acids is 1. The molecule has 0 bridgehead atoms. The largest absolute Gasteiger partial charge is 0.489 e. The lowest BCUT2D eigenvalue weighted by atomic mass is 10.1. The van der Waals surface area contributed by atoms with Crippen LogP contribution in [0.2, 0.25) is 0 Å². The predicted molar refractivity (Wildman–Crippen MR) is 111 cm³/mol. The molecule has 5 nitrogen and oxygen atoms in total. The third-order valence-electron chi connectivity index (χ3n) is 4.21. The van der Waals surface area contributed by atoms with Gasteiger partial charge in [-0.1, -0.05) is 60.2 Å². The van der Waals surface area contributed by atoms with Crippen molar-refractivity contribution >= 4 is 18.0 Å². The maximum absolute atomic E-state index is 12.3. The topological polar surface area (TPSA) is 75.6 Å². The number of hydrogen-bond acceptors (Lipinski definition) is 3. The molecule has 0 aliphatic heterocycles. The molecule has 0 fully saturated rings. The first-order chi connectivity index (χ1) is 14.0. The second-order valence-electron chi connectivity index (χ2n) is 6.53. The highest BCUT2D eigenvalue weighted by Crippen LogP contribution is 2.17. The van der Waals surface area contributed by atoms with E-state index in [2.05, 4.69) is 5.32 Å². The first kappa shape index (κ1) is 19.9. The standard InChI is InChI=1S/C24H21NO4/c1-17-10-12-18(13-11-17)16-29-21-9-5-6-19(14-21)15-22(24(27)28)25-23(26)20-7-3-2-4-8-20/h2-15H,16H2,1H3,(H,25,26)(H,27,28)/b22-15+. The summed E-state index contributed by atoms with van der Waals surface area (Å²) in [4.78, 5) is 23.8. The Morgan fingerprint density at radius 1 is 0.966 bits per heavy atom. The van der Waals surface area contributed by atoms with Crippen LogP contribution in [0.15, 0.2) is 84.6 Å². The normalized spacial score (nSPS) is 11.0. The van der Waals surface area contributed by atoms with Gasteiger partial charge in [0.05, 0.1) is 0 Å². The molecule has 0 aliphatic carbocycles. The summed E-state index contributed by atoms with van der Waals surface area (Å²) in [5, 5.41) is 11.9. The molecule has 5 heteroatoms. The van der Waals surface area contributed by atoms with E-state index in [1.165, 1.54) is 11.6 Å². The number of nitrogens with one attached hydrogen (secondary N) is 1. The van der Waals surface area contributed by atoms with Gasteiger partial charge in [0.15, 0.2) is 0 Å². The molecule has 0 aliphatic rings. The first-order valence-corrected chi connectivity index (χ1v) is 9.11. The van der Waals surface area contributed by atoms with Gasteiger partial charge in [-0.25, -0.2) is 4.79 Å². The fourth-order valence-electron chi connectivity index (χ4n) is 2.65. The van der Waals surface area contributed by atoms with Crippen LogP contribution in [0.4, 0.5) is 0 Å². The molecule has 3 aromatic carbocycles. The summed E-state index contributed by atoms with van der Waals surface area (Å²) < 4.78 is 5.80. The fraction of sp³-hybridized carbons (Fsp3) is 0.0833. The maximum atomic E-state index is 12.3. The molecule has 0 aromatic heterocycles. The molecular weight excluding hydrogens is 366 g/mol. The molecular formula is C24H21NO4. The van der Waals surface area contributed by atoms with E-state index in [0.29, 0.717) is 23.5 Å². The van der Waals surface area contributed by atoms with Gasteiger partial charge in [0.1, 0.15) is 18.1 Å². The Kier molecular flexibility index (Phi) is 6.43. The molecule has 0 radical (unpaired) electrons. The third kappa shape index (κ3) is 5.81. The van der Waals surface area contributed by atoms with Crippen LogP contribution in [0, 0.1) is 6.92 Å². The number of hydrogen-bond donors (Lipinski definition) is 2. The molecule has 146 valence electrons. The second-order valence-corrected chi connectivity index (χ2v) is 6.53. The molecule has 0 unspecified atom stereocenters. The van der Waals surface area contributed by atoms with Crippen LogP contribution in [0.3, 0.4) is 0 Å². The maximum Gasteiger partial charge on any atom is 0.352 e. The highest BCUT2D eigenvalue weighted by atomic mass is 16.5. The van der Waals surface area contributed by atoms with Crippen LogP contribution in [-0.2, 0) is 11.4 Å². The van der Waals surface area contributed by atoms with Crippen LogP contribution in [0.5, 0.6) is 5.75 Å². The van der Waals surface area contributed by atoms with E-state index in [0.717, 1.165) is 5.56 Å². The van der Waals surface area contributed by atoms with Gasteiger partial charge < -0.3 is 15.2 Å². The van der Waals surface area contributed by atoms with Gasteiger partial charge in [0.2, 0.25) is 0 Å². The van der Waals surface area contributed by atoms with Gasteiger partial charge in [-0.05, 0) is 48.4 Å². The third-order valence-corrected chi connectivity index (χ3v) is 4.21. The Morgan fingerprint density at radius 3 is 2.38 bits per heavy atom. The van der Waals surface area contributed by atoms with Crippen LogP contribution >= 0.6 is 0 Å². The summed E-state index contributed by atoms with van der Waals surface area (Å²) in [6.45, 7) is 2.43. The van der Waals surface area contributed by atoms with Crippen molar-refractivity contribution in [1.82, 2.24) is 5.32 Å². The number of ether oxygens (including phenoxy) is 1. The van der Waals surface area contributed by atoms with Gasteiger partial charge in [-0.3, -0.25) is 4.79 Å². The Balaban J connectivity index is 1.72. The van der Waals surface area contributed by atoms with Crippen molar-refractivity contribution in [3.05, 3.63) is 107 Å². The lowest BCUT2D eigenvalue weighted by Crippen LogP contribution is -2.27. The number of carbonyl (C=O) groups is 2. The summed E-state index contributed by atoms with van der Waals surface area (Å²) in [6.07, 6.45) is 1.40. The molecule has 3 rings (SSSR count). The second kappa shape index (κ2) is 9.37. The lowest BCUT2D eigenvalue weighted by Gasteiger charge is -2.09. The monoisotopic (exact) mass is 387 g/mol. The lowest BCUT2D eigenvalue weighted by molar-refractivity contribution is -0.132. The van der Waals surface area contributed by atoms with E-state index in [1.807, 2.05) is 31.2 Å². The van der Waals surface area contributed by atoms with Crippen molar-refractivity contribution in [2.75, 3.05) is 0 Å². The van der Waals surface area contributed by atoms with Crippen molar-refractivity contribution in [3.8, 4) is 5.75 Å². The van der Waals surface area contributed by atoms with Gasteiger partial charge in [-0.15, -0.1) is 0 Å². The van der Waals surface area contributed by atoms with Crippen molar-refractivity contribution in [2.24, 2.45) is 0 Å². The van der Waals surface area contributed by atoms with E-state index < -0.39 is 11.9 Å². The number of aliphatic carboxylic acids is 1. The molecule has 0 heterocycles. The zero-order valence-corrected chi connectivity index (χ0v) is 16.0. The Labute approximate surface area is 169 Å². The Morgan fingerprint density at radius 2 is 1.69 bits per heavy atom. The highest BCUT2D eigenvalue weighted by molar-refractivity contribution is 6.02. The van der Waals surface area contributed by atoms with E-state index in [-0.39, 0.29) is 5.70 Å². The molecule has 0 saturated heterocycles. The molecule has 2 N–H and O–H groups in total. The average Bonchev–Trinajstić information content (AvgIpc) is 2.73. The zero-order valence-electron chi connectivity index (χ0n) is 16.0. The molecule has 0 atom stereocenters. The summed E-state index contributed by atoms with van der Waals surface area (Å²) in [7, 11) is 0. The van der Waals surface area contributed by atoms with Crippen LogP contribution in [0.25, 0.3) is 6.08 Å². The van der Waals surface area contributed by atoms with E-state index >= 15 is 0 Å². The first-order valence-electron chi connectivity index (χ1n) is 9.11. The van der Waals surface area contributed by atoms with E-state index in [4.69, 9.17) is 4.74 Å². The summed E-state index contributed by atoms with van der Waals surface area (Å²) in [5.74, 6) is -1.09. The molecule has 0 spiro atoms. The number of carbonyl (C=O) groups excluding carboxylic acids is 1. The Bertz CT molecular complexity index is 1020. The number of aryl methyl sites for hydroxylation is 1. The van der Waals surface area contributed by atoms with Crippen LogP contribution in [-0.4, -0.2) is 17.0 Å². The van der Waals surface area contributed by atoms with E-state index in [9.17, 15) is 14.7 Å². The fourth-order valence-corrected chi connectivity index (χ4v) is 2.65. The van der Waals surface area contributed by atoms with Crippen molar-refractivity contribution in [2.45, 2.75) is 13.5 Å². The predicted octanol–water partition coefficient (Wildman–Crippen LogP) is 4.43. The van der Waals surface area contributed by atoms with Crippen molar-refractivity contribution in [3.63, 3.8) is 0 Å². The van der Waals surface area contributed by atoms with Gasteiger partial charge >= 0.3 is 5.97 Å². The minimum Gasteiger partial charge on any atom is -0.489 e. The molecule has 1 amide bonds. The van der Waals surface area contributed by atoms with E-state index in [1.54, 1.807) is 54.6 Å². The van der Waals surface area contributed by atoms with Crippen molar-refractivity contribution in [1.29, 1.82) is 0 Å². The highest BCUT2D eigenvalue weighted by Gasteiger charge is 2.13. The Hall–Kier alpha value is -3.86. The quantitative estimate of drug-likeness (QED) is 0.588. The summed E-state index contributed by atoms with van der Waals surface area (Å²) >= 11 is 0. The minimum atomic E-state index is -1.22. The minimum absolute atomic E-state index is 0.213.